The van der Waals surface area contributed by atoms with Gasteiger partial charge in [-0.3, -0.25) is 19.3 Å². The molecule has 0 fully saturated rings. The lowest BCUT2D eigenvalue weighted by atomic mass is 9.94. The van der Waals surface area contributed by atoms with Gasteiger partial charge in [-0.15, -0.1) is 11.8 Å². The predicted octanol–water partition coefficient (Wildman–Crippen LogP) is 6.16. The Morgan fingerprint density at radius 3 is 2.38 bits per heavy atom. The van der Waals surface area contributed by atoms with Crippen LogP contribution in [0.4, 0.5) is 18.0 Å². The van der Waals surface area contributed by atoms with Crippen molar-refractivity contribution in [2.24, 2.45) is 0 Å². The van der Waals surface area contributed by atoms with Crippen molar-refractivity contribution in [1.29, 1.82) is 0 Å². The molecule has 0 spiro atoms. The lowest BCUT2D eigenvalue weighted by Gasteiger charge is -2.46. The second kappa shape index (κ2) is 14.6. The van der Waals surface area contributed by atoms with Gasteiger partial charge in [-0.1, -0.05) is 41.9 Å². The maximum Gasteiger partial charge on any atom is 0.514 e. The molecular weight excluding hydrogens is 663 g/mol. The molecule has 5 rings (SSSR count). The average molecular weight is 696 g/mol. The molecule has 3 aromatic rings. The van der Waals surface area contributed by atoms with Crippen LogP contribution >= 0.6 is 23.4 Å². The van der Waals surface area contributed by atoms with Crippen molar-refractivity contribution in [2.75, 3.05) is 38.1 Å². The highest BCUT2D eigenvalue weighted by Crippen LogP contribution is 2.45. The molecule has 1 aromatic heterocycles. The van der Waals surface area contributed by atoms with Crippen LogP contribution in [0.5, 0.6) is 5.75 Å². The van der Waals surface area contributed by atoms with Crippen LogP contribution in [-0.4, -0.2) is 73.1 Å². The minimum absolute atomic E-state index is 0.0396. The Labute approximate surface area is 278 Å². The third kappa shape index (κ3) is 7.25. The van der Waals surface area contributed by atoms with Crippen molar-refractivity contribution < 1.29 is 41.7 Å². The number of fused-ring (bicyclic) bond motifs is 3. The van der Waals surface area contributed by atoms with Crippen LogP contribution in [0, 0.1) is 0 Å². The Bertz CT molecular complexity index is 1680. The number of thioether (sulfide) groups is 1. The SMILES string of the molecule is CCOCC(COCC)OC(=O)Oc1c2n(ccc1=O)N([C@@H]1c3ccccc3SCc3c(Cl)cccc31)CN([C@H](C)C(F)(F)F)C2=O. The minimum atomic E-state index is -4.82. The molecule has 0 bridgehead atoms. The van der Waals surface area contributed by atoms with Crippen LogP contribution in [-0.2, 0) is 20.0 Å². The Hall–Kier alpha value is -3.72. The van der Waals surface area contributed by atoms with Crippen LogP contribution in [0.3, 0.4) is 0 Å². The third-order valence-corrected chi connectivity index (χ3v) is 9.28. The van der Waals surface area contributed by atoms with Gasteiger partial charge in [-0.2, -0.15) is 13.2 Å². The molecule has 2 aromatic carbocycles. The second-order valence-electron chi connectivity index (χ2n) is 10.7. The maximum atomic E-state index is 14.3. The highest BCUT2D eigenvalue weighted by atomic mass is 35.5. The number of carbonyl (C=O) groups excluding carboxylic acids is 2. The zero-order valence-electron chi connectivity index (χ0n) is 25.8. The van der Waals surface area contributed by atoms with E-state index < -0.39 is 60.0 Å². The predicted molar refractivity (Wildman–Crippen MR) is 169 cm³/mol. The first kappa shape index (κ1) is 34.6. The van der Waals surface area contributed by atoms with Gasteiger partial charge in [0.15, 0.2) is 11.8 Å². The molecule has 2 atom stereocenters. The summed E-state index contributed by atoms with van der Waals surface area (Å²) in [6.07, 6.45) is -5.81. The molecule has 47 heavy (non-hydrogen) atoms. The average Bonchev–Trinajstić information content (AvgIpc) is 3.20. The Kier molecular flexibility index (Phi) is 10.7. The Morgan fingerprint density at radius 1 is 1.02 bits per heavy atom. The number of ether oxygens (including phenoxy) is 4. The zero-order valence-corrected chi connectivity index (χ0v) is 27.4. The summed E-state index contributed by atoms with van der Waals surface area (Å²) in [5.41, 5.74) is 0.735. The summed E-state index contributed by atoms with van der Waals surface area (Å²) >= 11 is 8.17. The fourth-order valence-corrected chi connectivity index (χ4v) is 6.91. The lowest BCUT2D eigenvalue weighted by Crippen LogP contribution is -2.60. The number of hydrogen-bond donors (Lipinski definition) is 0. The highest BCUT2D eigenvalue weighted by Gasteiger charge is 2.48. The standard InChI is InChI=1S/C32H33ClF3N3O7S/c1-4-43-15-20(16-44-5-2)45-31(42)46-29-25(40)13-14-38-28(29)30(41)37(19(3)32(34,35)36)18-39(38)27-21-10-8-11-24(33)23(21)17-47-26-12-7-6-9-22(26)27/h6-14,19-20,27H,4-5,15-18H2,1-3H3/t19-,27+/m1/s1. The monoisotopic (exact) mass is 695 g/mol. The van der Waals surface area contributed by atoms with E-state index in [4.69, 9.17) is 30.5 Å². The smallest absolute Gasteiger partial charge is 0.426 e. The van der Waals surface area contributed by atoms with E-state index in [0.29, 0.717) is 34.5 Å². The van der Waals surface area contributed by atoms with Gasteiger partial charge < -0.3 is 23.8 Å². The summed E-state index contributed by atoms with van der Waals surface area (Å²) in [4.78, 5) is 41.7. The van der Waals surface area contributed by atoms with Crippen LogP contribution < -0.4 is 15.2 Å². The number of benzene rings is 2. The van der Waals surface area contributed by atoms with E-state index in [1.807, 2.05) is 30.3 Å². The first-order valence-electron chi connectivity index (χ1n) is 14.9. The normalized spacial score (nSPS) is 16.7. The molecular formula is C32H33ClF3N3O7S. The van der Waals surface area contributed by atoms with Crippen LogP contribution in [0.25, 0.3) is 0 Å². The summed E-state index contributed by atoms with van der Waals surface area (Å²) in [6, 6.07) is 10.8. The summed E-state index contributed by atoms with van der Waals surface area (Å²) in [5.74, 6) is -1.45. The second-order valence-corrected chi connectivity index (χ2v) is 12.1. The molecule has 0 saturated heterocycles. The third-order valence-electron chi connectivity index (χ3n) is 7.81. The molecule has 0 aliphatic carbocycles. The van der Waals surface area contributed by atoms with Gasteiger partial charge in [0.05, 0.1) is 19.3 Å². The molecule has 15 heteroatoms. The molecule has 1 amide bonds. The minimum Gasteiger partial charge on any atom is -0.426 e. The van der Waals surface area contributed by atoms with E-state index in [1.165, 1.54) is 27.6 Å². The number of nitrogens with zero attached hydrogens (tertiary/aromatic N) is 3. The molecule has 2 aliphatic heterocycles. The van der Waals surface area contributed by atoms with Gasteiger partial charge in [-0.25, -0.2) is 4.79 Å². The number of rotatable bonds is 10. The first-order chi connectivity index (χ1) is 22.5. The number of pyridine rings is 1. The molecule has 3 heterocycles. The Balaban J connectivity index is 1.66. The molecule has 252 valence electrons. The van der Waals surface area contributed by atoms with E-state index in [-0.39, 0.29) is 13.2 Å². The Morgan fingerprint density at radius 2 is 1.70 bits per heavy atom. The number of aromatic nitrogens is 1. The largest absolute Gasteiger partial charge is 0.514 e. The van der Waals surface area contributed by atoms with Crippen molar-refractivity contribution in [3.05, 3.63) is 92.4 Å². The van der Waals surface area contributed by atoms with Gasteiger partial charge in [0, 0.05) is 41.1 Å². The molecule has 2 aliphatic rings. The molecule has 0 radical (unpaired) electrons. The molecule has 10 nitrogen and oxygen atoms in total. The summed E-state index contributed by atoms with van der Waals surface area (Å²) in [6.45, 7) is 4.39. The topological polar surface area (TPSA) is 99.5 Å². The van der Waals surface area contributed by atoms with Gasteiger partial charge in [0.1, 0.15) is 12.7 Å². The number of alkyl halides is 3. The fourth-order valence-electron chi connectivity index (χ4n) is 5.44. The van der Waals surface area contributed by atoms with Gasteiger partial charge in [0.2, 0.25) is 11.2 Å². The quantitative estimate of drug-likeness (QED) is 0.231. The van der Waals surface area contributed by atoms with Gasteiger partial charge in [0.25, 0.3) is 5.91 Å². The zero-order chi connectivity index (χ0) is 33.9. The lowest BCUT2D eigenvalue weighted by molar-refractivity contribution is -0.173. The molecule has 0 saturated carbocycles. The van der Waals surface area contributed by atoms with E-state index in [0.717, 1.165) is 29.0 Å². The van der Waals surface area contributed by atoms with Crippen molar-refractivity contribution in [1.82, 2.24) is 9.58 Å². The van der Waals surface area contributed by atoms with Crippen molar-refractivity contribution >= 4 is 35.4 Å². The number of amides is 1. The molecule has 0 unspecified atom stereocenters. The maximum absolute atomic E-state index is 14.3. The van der Waals surface area contributed by atoms with Crippen molar-refractivity contribution in [2.45, 2.75) is 55.8 Å². The number of carbonyl (C=O) groups is 2. The summed E-state index contributed by atoms with van der Waals surface area (Å²) in [5, 5.41) is 2.01. The van der Waals surface area contributed by atoms with E-state index in [9.17, 15) is 27.6 Å². The first-order valence-corrected chi connectivity index (χ1v) is 16.3. The van der Waals surface area contributed by atoms with E-state index >= 15 is 0 Å². The van der Waals surface area contributed by atoms with E-state index in [2.05, 4.69) is 0 Å². The van der Waals surface area contributed by atoms with Crippen LogP contribution in [0.15, 0.2) is 64.4 Å². The summed E-state index contributed by atoms with van der Waals surface area (Å²) in [7, 11) is 0. The fraction of sp³-hybridized carbons (Fsp3) is 0.406. The highest BCUT2D eigenvalue weighted by molar-refractivity contribution is 7.98. The van der Waals surface area contributed by atoms with Crippen molar-refractivity contribution in [3.63, 3.8) is 0 Å². The number of hydrogen-bond acceptors (Lipinski definition) is 9. The van der Waals surface area contributed by atoms with Crippen LogP contribution in [0.2, 0.25) is 5.02 Å². The van der Waals surface area contributed by atoms with Gasteiger partial charge in [-0.05, 0) is 49.6 Å². The summed E-state index contributed by atoms with van der Waals surface area (Å²) < 4.78 is 65.4. The van der Waals surface area contributed by atoms with Crippen molar-refractivity contribution in [3.8, 4) is 5.75 Å². The van der Waals surface area contributed by atoms with Gasteiger partial charge >= 0.3 is 12.3 Å². The molecule has 0 N–H and O–H groups in total. The van der Waals surface area contributed by atoms with E-state index in [1.54, 1.807) is 26.0 Å². The van der Waals surface area contributed by atoms with Crippen LogP contribution in [0.1, 0.15) is 54.0 Å². The number of halogens is 4.